The second-order valence-electron chi connectivity index (χ2n) is 7.47. The lowest BCUT2D eigenvalue weighted by Gasteiger charge is -2.26. The number of benzene rings is 1. The van der Waals surface area contributed by atoms with Crippen molar-refractivity contribution in [3.05, 3.63) is 28.3 Å². The largest absolute Gasteiger partial charge is 0.388 e. The minimum Gasteiger partial charge on any atom is -0.388 e. The Labute approximate surface area is 136 Å². The van der Waals surface area contributed by atoms with Crippen molar-refractivity contribution < 1.29 is 5.11 Å². The molecule has 0 saturated heterocycles. The van der Waals surface area contributed by atoms with Crippen molar-refractivity contribution in [1.82, 2.24) is 4.90 Å². The summed E-state index contributed by atoms with van der Waals surface area (Å²) in [6.07, 6.45) is 2.21. The highest BCUT2D eigenvalue weighted by atomic mass is 16.3. The van der Waals surface area contributed by atoms with Crippen LogP contribution in [0.1, 0.15) is 62.5 Å². The van der Waals surface area contributed by atoms with E-state index in [9.17, 15) is 5.11 Å². The Balaban J connectivity index is 3.19. The number of aliphatic imine (C=N–C) groups is 1. The van der Waals surface area contributed by atoms with Crippen LogP contribution >= 0.6 is 0 Å². The SMILES string of the molecule is CCN(C)C=Nc1cc(C)c(C(O)CC(C)(C)C)c(C)c1C. The molecule has 0 heterocycles. The van der Waals surface area contributed by atoms with E-state index in [2.05, 4.69) is 59.5 Å². The van der Waals surface area contributed by atoms with Gasteiger partial charge in [-0.2, -0.15) is 0 Å². The molecule has 124 valence electrons. The summed E-state index contributed by atoms with van der Waals surface area (Å²) in [6.45, 7) is 15.8. The fourth-order valence-electron chi connectivity index (χ4n) is 2.65. The Morgan fingerprint density at radius 1 is 1.23 bits per heavy atom. The van der Waals surface area contributed by atoms with Gasteiger partial charge in [0.1, 0.15) is 0 Å². The highest BCUT2D eigenvalue weighted by Crippen LogP contribution is 2.36. The maximum Gasteiger partial charge on any atom is 0.0909 e. The third-order valence-corrected chi connectivity index (χ3v) is 4.16. The van der Waals surface area contributed by atoms with Gasteiger partial charge in [0.15, 0.2) is 0 Å². The van der Waals surface area contributed by atoms with Crippen LogP contribution in [-0.2, 0) is 0 Å². The molecule has 0 saturated carbocycles. The van der Waals surface area contributed by atoms with E-state index in [1.165, 1.54) is 0 Å². The first-order valence-electron chi connectivity index (χ1n) is 8.10. The minimum absolute atomic E-state index is 0.104. The molecule has 0 fully saturated rings. The van der Waals surface area contributed by atoms with Gasteiger partial charge in [-0.1, -0.05) is 20.8 Å². The third kappa shape index (κ3) is 4.84. The van der Waals surface area contributed by atoms with E-state index >= 15 is 0 Å². The Morgan fingerprint density at radius 3 is 2.32 bits per heavy atom. The summed E-state index contributed by atoms with van der Waals surface area (Å²) in [6, 6.07) is 2.09. The summed E-state index contributed by atoms with van der Waals surface area (Å²) in [5.74, 6) is 0. The predicted molar refractivity (Wildman–Crippen MR) is 96.1 cm³/mol. The zero-order chi connectivity index (χ0) is 17.1. The quantitative estimate of drug-likeness (QED) is 0.632. The Kier molecular flexibility index (Phi) is 6.18. The molecular weight excluding hydrogens is 272 g/mol. The van der Waals surface area contributed by atoms with Crippen LogP contribution in [0, 0.1) is 26.2 Å². The van der Waals surface area contributed by atoms with Gasteiger partial charge in [0.25, 0.3) is 0 Å². The molecule has 1 aromatic rings. The van der Waals surface area contributed by atoms with Crippen molar-refractivity contribution in [2.45, 2.75) is 61.0 Å². The molecule has 3 nitrogen and oxygen atoms in total. The molecule has 0 aliphatic rings. The molecule has 0 spiro atoms. The number of hydrogen-bond acceptors (Lipinski definition) is 2. The van der Waals surface area contributed by atoms with Gasteiger partial charge in [-0.15, -0.1) is 0 Å². The molecule has 0 radical (unpaired) electrons. The number of rotatable bonds is 5. The standard InChI is InChI=1S/C19H32N2O/c1-9-21(8)12-20-16-10-13(2)18(15(4)14(16)3)17(22)11-19(5,6)7/h10,12,17,22H,9,11H2,1-8H3. The van der Waals surface area contributed by atoms with E-state index in [4.69, 9.17) is 0 Å². The van der Waals surface area contributed by atoms with Crippen molar-refractivity contribution in [2.75, 3.05) is 13.6 Å². The van der Waals surface area contributed by atoms with Crippen LogP contribution in [0.15, 0.2) is 11.1 Å². The van der Waals surface area contributed by atoms with Crippen LogP contribution in [0.2, 0.25) is 0 Å². The Bertz CT molecular complexity index is 541. The monoisotopic (exact) mass is 304 g/mol. The molecule has 0 amide bonds. The molecule has 0 aliphatic carbocycles. The average molecular weight is 304 g/mol. The lowest BCUT2D eigenvalue weighted by Crippen LogP contribution is -2.15. The number of aryl methyl sites for hydroxylation is 1. The maximum atomic E-state index is 10.6. The zero-order valence-electron chi connectivity index (χ0n) is 15.5. The topological polar surface area (TPSA) is 35.8 Å². The molecule has 0 bridgehead atoms. The van der Waals surface area contributed by atoms with Crippen LogP contribution in [0.4, 0.5) is 5.69 Å². The first-order chi connectivity index (χ1) is 10.1. The van der Waals surface area contributed by atoms with Crippen molar-refractivity contribution in [1.29, 1.82) is 0 Å². The van der Waals surface area contributed by atoms with Crippen LogP contribution in [0.5, 0.6) is 0 Å². The predicted octanol–water partition coefficient (Wildman–Crippen LogP) is 4.69. The smallest absolute Gasteiger partial charge is 0.0909 e. The third-order valence-electron chi connectivity index (χ3n) is 4.16. The molecule has 22 heavy (non-hydrogen) atoms. The fourth-order valence-corrected chi connectivity index (χ4v) is 2.65. The number of nitrogens with zero attached hydrogens (tertiary/aromatic N) is 2. The molecule has 1 unspecified atom stereocenters. The van der Waals surface area contributed by atoms with Gasteiger partial charge in [0, 0.05) is 13.6 Å². The number of aliphatic hydroxyl groups is 1. The second-order valence-corrected chi connectivity index (χ2v) is 7.47. The van der Waals surface area contributed by atoms with E-state index in [-0.39, 0.29) is 5.41 Å². The minimum atomic E-state index is -0.421. The Hall–Kier alpha value is -1.35. The van der Waals surface area contributed by atoms with Gasteiger partial charge >= 0.3 is 0 Å². The normalized spacial score (nSPS) is 13.7. The van der Waals surface area contributed by atoms with Gasteiger partial charge in [0.05, 0.1) is 18.1 Å². The summed E-state index contributed by atoms with van der Waals surface area (Å²) in [4.78, 5) is 6.64. The first kappa shape index (κ1) is 18.7. The summed E-state index contributed by atoms with van der Waals surface area (Å²) in [5, 5.41) is 10.6. The molecular formula is C19H32N2O. The summed E-state index contributed by atoms with van der Waals surface area (Å²) in [5.41, 5.74) is 5.58. The van der Waals surface area contributed by atoms with Gasteiger partial charge in [0.2, 0.25) is 0 Å². The van der Waals surface area contributed by atoms with Gasteiger partial charge in [-0.25, -0.2) is 4.99 Å². The molecule has 1 N–H and O–H groups in total. The molecule has 1 rings (SSSR count). The first-order valence-corrected chi connectivity index (χ1v) is 8.10. The van der Waals surface area contributed by atoms with Gasteiger partial charge in [-0.3, -0.25) is 0 Å². The van der Waals surface area contributed by atoms with Crippen LogP contribution in [-0.4, -0.2) is 29.9 Å². The number of hydrogen-bond donors (Lipinski definition) is 1. The van der Waals surface area contributed by atoms with Crippen molar-refractivity contribution in [2.24, 2.45) is 10.4 Å². The van der Waals surface area contributed by atoms with Crippen molar-refractivity contribution in [3.63, 3.8) is 0 Å². The van der Waals surface area contributed by atoms with Crippen LogP contribution < -0.4 is 0 Å². The fraction of sp³-hybridized carbons (Fsp3) is 0.632. The lowest BCUT2D eigenvalue weighted by atomic mass is 9.83. The average Bonchev–Trinajstić information content (AvgIpc) is 2.38. The van der Waals surface area contributed by atoms with E-state index in [1.807, 2.05) is 18.3 Å². The van der Waals surface area contributed by atoms with E-state index in [0.717, 1.165) is 40.9 Å². The molecule has 1 atom stereocenters. The second kappa shape index (κ2) is 7.28. The summed E-state index contributed by atoms with van der Waals surface area (Å²) < 4.78 is 0. The van der Waals surface area contributed by atoms with Crippen LogP contribution in [0.3, 0.4) is 0 Å². The van der Waals surface area contributed by atoms with E-state index in [1.54, 1.807) is 0 Å². The molecule has 3 heteroatoms. The Morgan fingerprint density at radius 2 is 1.82 bits per heavy atom. The number of aliphatic hydroxyl groups excluding tert-OH is 1. The highest BCUT2D eigenvalue weighted by Gasteiger charge is 2.22. The highest BCUT2D eigenvalue weighted by molar-refractivity contribution is 5.65. The molecule has 1 aromatic carbocycles. The summed E-state index contributed by atoms with van der Waals surface area (Å²) >= 11 is 0. The lowest BCUT2D eigenvalue weighted by molar-refractivity contribution is 0.121. The van der Waals surface area contributed by atoms with Crippen molar-refractivity contribution in [3.8, 4) is 0 Å². The van der Waals surface area contributed by atoms with Gasteiger partial charge in [-0.05, 0) is 67.9 Å². The van der Waals surface area contributed by atoms with E-state index in [0.29, 0.717) is 0 Å². The van der Waals surface area contributed by atoms with Gasteiger partial charge < -0.3 is 10.0 Å². The molecule has 0 aromatic heterocycles. The van der Waals surface area contributed by atoms with Crippen molar-refractivity contribution >= 4 is 12.0 Å². The van der Waals surface area contributed by atoms with E-state index < -0.39 is 6.10 Å². The molecule has 0 aliphatic heterocycles. The maximum absolute atomic E-state index is 10.6. The zero-order valence-corrected chi connectivity index (χ0v) is 15.5. The van der Waals surface area contributed by atoms with Crippen LogP contribution in [0.25, 0.3) is 0 Å². The summed E-state index contributed by atoms with van der Waals surface area (Å²) in [7, 11) is 2.01.